The fraction of sp³-hybridized carbons (Fsp3) is 0.250. The van der Waals surface area contributed by atoms with Crippen LogP contribution in [0.1, 0.15) is 18.2 Å². The third kappa shape index (κ3) is 5.17. The van der Waals surface area contributed by atoms with Crippen LogP contribution < -0.4 is 10.6 Å². The quantitative estimate of drug-likeness (QED) is 0.509. The van der Waals surface area contributed by atoms with Crippen LogP contribution in [0.3, 0.4) is 0 Å². The minimum Gasteiger partial charge on any atom is -0.357 e. The lowest BCUT2D eigenvalue weighted by Crippen LogP contribution is -2.38. The van der Waals surface area contributed by atoms with Crippen LogP contribution in [0, 0.1) is 0 Å². The Morgan fingerprint density at radius 1 is 1.04 bits per heavy atom. The summed E-state index contributed by atoms with van der Waals surface area (Å²) in [6.07, 6.45) is 6.39. The molecule has 6 heteroatoms. The van der Waals surface area contributed by atoms with Crippen LogP contribution in [0.5, 0.6) is 0 Å². The predicted octanol–water partition coefficient (Wildman–Crippen LogP) is 2.57. The summed E-state index contributed by atoms with van der Waals surface area (Å²) in [4.78, 5) is 9.00. The molecule has 0 saturated carbocycles. The first kappa shape index (κ1) is 17.7. The van der Waals surface area contributed by atoms with Crippen molar-refractivity contribution in [3.8, 4) is 5.69 Å². The average Bonchev–Trinajstić information content (AvgIpc) is 3.22. The zero-order chi connectivity index (χ0) is 18.0. The van der Waals surface area contributed by atoms with Gasteiger partial charge in [0.2, 0.25) is 0 Å². The Labute approximate surface area is 154 Å². The minimum absolute atomic E-state index is 0.623. The molecule has 3 aromatic rings. The Morgan fingerprint density at radius 3 is 2.62 bits per heavy atom. The van der Waals surface area contributed by atoms with Gasteiger partial charge in [-0.2, -0.15) is 5.10 Å². The molecule has 3 rings (SSSR count). The van der Waals surface area contributed by atoms with E-state index in [-0.39, 0.29) is 0 Å². The smallest absolute Gasteiger partial charge is 0.191 e. The maximum Gasteiger partial charge on any atom is 0.191 e. The largest absolute Gasteiger partial charge is 0.357 e. The van der Waals surface area contributed by atoms with Crippen LogP contribution in [0.4, 0.5) is 0 Å². The van der Waals surface area contributed by atoms with Gasteiger partial charge in [0.05, 0.1) is 12.2 Å². The molecular formula is C20H24N6. The van der Waals surface area contributed by atoms with Crippen LogP contribution in [-0.2, 0) is 13.0 Å². The summed E-state index contributed by atoms with van der Waals surface area (Å²) in [5.41, 5.74) is 3.27. The lowest BCUT2D eigenvalue weighted by atomic mass is 10.2. The van der Waals surface area contributed by atoms with E-state index in [4.69, 9.17) is 0 Å². The first-order valence-corrected chi connectivity index (χ1v) is 8.86. The van der Waals surface area contributed by atoms with Gasteiger partial charge in [-0.25, -0.2) is 9.67 Å². The number of nitrogens with zero attached hydrogens (tertiary/aromatic N) is 4. The van der Waals surface area contributed by atoms with Crippen molar-refractivity contribution in [3.05, 3.63) is 78.4 Å². The standard InChI is InChI=1S/C20H24N6/c1-2-21-20(23-14-11-18-6-3-4-12-22-18)24-16-17-7-9-19(10-8-17)26-15-5-13-25-26/h3-10,12-13,15H,2,11,14,16H2,1H3,(H2,21,23,24). The monoisotopic (exact) mass is 348 g/mol. The molecule has 0 radical (unpaired) electrons. The molecule has 0 saturated heterocycles. The number of pyridine rings is 1. The SMILES string of the molecule is CCNC(=NCc1ccc(-n2cccn2)cc1)NCCc1ccccn1. The minimum atomic E-state index is 0.623. The maximum atomic E-state index is 4.66. The molecule has 0 fully saturated rings. The number of benzene rings is 1. The molecule has 0 aliphatic carbocycles. The molecule has 0 aliphatic rings. The number of aromatic nitrogens is 3. The number of guanidine groups is 1. The molecule has 0 unspecified atom stereocenters. The normalized spacial score (nSPS) is 11.3. The Morgan fingerprint density at radius 2 is 1.92 bits per heavy atom. The molecule has 6 nitrogen and oxygen atoms in total. The molecule has 0 amide bonds. The second-order valence-electron chi connectivity index (χ2n) is 5.81. The Bertz CT molecular complexity index is 794. The molecule has 2 heterocycles. The summed E-state index contributed by atoms with van der Waals surface area (Å²) in [5.74, 6) is 0.819. The topological polar surface area (TPSA) is 67.1 Å². The van der Waals surface area contributed by atoms with Crippen LogP contribution in [0.25, 0.3) is 5.69 Å². The van der Waals surface area contributed by atoms with Gasteiger partial charge in [-0.05, 0) is 42.8 Å². The first-order chi connectivity index (χ1) is 12.8. The van der Waals surface area contributed by atoms with Gasteiger partial charge < -0.3 is 10.6 Å². The highest BCUT2D eigenvalue weighted by atomic mass is 15.3. The van der Waals surface area contributed by atoms with Crippen molar-refractivity contribution in [3.63, 3.8) is 0 Å². The number of hydrogen-bond acceptors (Lipinski definition) is 3. The van der Waals surface area contributed by atoms with E-state index in [9.17, 15) is 0 Å². The third-order valence-electron chi connectivity index (χ3n) is 3.87. The van der Waals surface area contributed by atoms with Gasteiger partial charge in [0.25, 0.3) is 0 Å². The van der Waals surface area contributed by atoms with Crippen LogP contribution in [0.15, 0.2) is 72.1 Å². The van der Waals surface area contributed by atoms with Crippen LogP contribution in [0.2, 0.25) is 0 Å². The van der Waals surface area contributed by atoms with Crippen molar-refractivity contribution >= 4 is 5.96 Å². The van der Waals surface area contributed by atoms with Gasteiger partial charge in [0.1, 0.15) is 0 Å². The molecule has 0 bridgehead atoms. The molecule has 0 spiro atoms. The fourth-order valence-corrected chi connectivity index (χ4v) is 2.54. The number of nitrogens with one attached hydrogen (secondary N) is 2. The molecule has 134 valence electrons. The lowest BCUT2D eigenvalue weighted by molar-refractivity contribution is 0.788. The number of rotatable bonds is 7. The van der Waals surface area contributed by atoms with Gasteiger partial charge >= 0.3 is 0 Å². The molecule has 0 aliphatic heterocycles. The Balaban J connectivity index is 1.54. The van der Waals surface area contributed by atoms with E-state index in [1.165, 1.54) is 0 Å². The van der Waals surface area contributed by atoms with E-state index in [1.807, 2.05) is 41.3 Å². The van der Waals surface area contributed by atoms with Crippen molar-refractivity contribution < 1.29 is 0 Å². The summed E-state index contributed by atoms with van der Waals surface area (Å²) >= 11 is 0. The van der Waals surface area contributed by atoms with E-state index < -0.39 is 0 Å². The number of aliphatic imine (C=N–C) groups is 1. The molecule has 26 heavy (non-hydrogen) atoms. The van der Waals surface area contributed by atoms with Gasteiger partial charge in [0.15, 0.2) is 5.96 Å². The summed E-state index contributed by atoms with van der Waals surface area (Å²) in [6, 6.07) is 16.2. The first-order valence-electron chi connectivity index (χ1n) is 8.86. The second-order valence-corrected chi connectivity index (χ2v) is 5.81. The molecular weight excluding hydrogens is 324 g/mol. The van der Waals surface area contributed by atoms with Crippen molar-refractivity contribution in [2.75, 3.05) is 13.1 Å². The third-order valence-corrected chi connectivity index (χ3v) is 3.87. The maximum absolute atomic E-state index is 4.66. The zero-order valence-electron chi connectivity index (χ0n) is 15.0. The summed E-state index contributed by atoms with van der Waals surface area (Å²) in [7, 11) is 0. The van der Waals surface area contributed by atoms with Crippen molar-refractivity contribution in [1.29, 1.82) is 0 Å². The molecule has 1 aromatic carbocycles. The second kappa shape index (κ2) is 9.36. The highest BCUT2D eigenvalue weighted by Gasteiger charge is 2.00. The Hall–Kier alpha value is -3.15. The van der Waals surface area contributed by atoms with E-state index in [0.29, 0.717) is 6.54 Å². The van der Waals surface area contributed by atoms with Crippen LogP contribution >= 0.6 is 0 Å². The van der Waals surface area contributed by atoms with E-state index >= 15 is 0 Å². The average molecular weight is 348 g/mol. The number of hydrogen-bond donors (Lipinski definition) is 2. The summed E-state index contributed by atoms with van der Waals surface area (Å²) < 4.78 is 1.84. The lowest BCUT2D eigenvalue weighted by Gasteiger charge is -2.11. The zero-order valence-corrected chi connectivity index (χ0v) is 15.0. The Kier molecular flexibility index (Phi) is 6.36. The molecule has 2 N–H and O–H groups in total. The van der Waals surface area contributed by atoms with Gasteiger partial charge in [-0.15, -0.1) is 0 Å². The van der Waals surface area contributed by atoms with E-state index in [1.54, 1.807) is 6.20 Å². The molecule has 2 aromatic heterocycles. The predicted molar refractivity (Wildman–Crippen MR) is 104 cm³/mol. The molecule has 0 atom stereocenters. The van der Waals surface area contributed by atoms with Gasteiger partial charge in [-0.1, -0.05) is 18.2 Å². The van der Waals surface area contributed by atoms with Gasteiger partial charge in [0, 0.05) is 43.8 Å². The van der Waals surface area contributed by atoms with Crippen molar-refractivity contribution in [1.82, 2.24) is 25.4 Å². The van der Waals surface area contributed by atoms with Crippen molar-refractivity contribution in [2.24, 2.45) is 4.99 Å². The highest BCUT2D eigenvalue weighted by Crippen LogP contribution is 2.09. The van der Waals surface area contributed by atoms with Crippen LogP contribution in [-0.4, -0.2) is 33.8 Å². The van der Waals surface area contributed by atoms with E-state index in [0.717, 1.165) is 42.4 Å². The van der Waals surface area contributed by atoms with Gasteiger partial charge in [-0.3, -0.25) is 4.98 Å². The highest BCUT2D eigenvalue weighted by molar-refractivity contribution is 5.79. The van der Waals surface area contributed by atoms with Crippen molar-refractivity contribution in [2.45, 2.75) is 19.9 Å². The summed E-state index contributed by atoms with van der Waals surface area (Å²) in [6.45, 7) is 4.31. The summed E-state index contributed by atoms with van der Waals surface area (Å²) in [5, 5.41) is 10.9. The fourth-order valence-electron chi connectivity index (χ4n) is 2.54. The van der Waals surface area contributed by atoms with E-state index in [2.05, 4.69) is 56.9 Å².